The Morgan fingerprint density at radius 3 is 2.62 bits per heavy atom. The van der Waals surface area contributed by atoms with Gasteiger partial charge in [0, 0.05) is 38.4 Å². The third kappa shape index (κ3) is 6.53. The summed E-state index contributed by atoms with van der Waals surface area (Å²) in [5.74, 6) is -0.622. The number of rotatable bonds is 9. The highest BCUT2D eigenvalue weighted by Crippen LogP contribution is 2.10. The lowest BCUT2D eigenvalue weighted by molar-refractivity contribution is -0.121. The fraction of sp³-hybridized carbons (Fsp3) is 0.333. The predicted octanol–water partition coefficient (Wildman–Crippen LogP) is 1.73. The van der Waals surface area contributed by atoms with E-state index in [-0.39, 0.29) is 37.7 Å². The summed E-state index contributed by atoms with van der Waals surface area (Å²) in [7, 11) is -3.49. The number of pyridine rings is 1. The fourth-order valence-electron chi connectivity index (χ4n) is 2.41. The molecule has 26 heavy (non-hydrogen) atoms. The first kappa shape index (κ1) is 20.0. The van der Waals surface area contributed by atoms with Crippen LogP contribution in [0.2, 0.25) is 0 Å². The van der Waals surface area contributed by atoms with E-state index in [9.17, 15) is 17.6 Å². The van der Waals surface area contributed by atoms with Crippen LogP contribution in [0.3, 0.4) is 0 Å². The van der Waals surface area contributed by atoms with E-state index in [1.807, 2.05) is 6.07 Å². The molecule has 0 bridgehead atoms. The van der Waals surface area contributed by atoms with Gasteiger partial charge in [-0.2, -0.15) is 0 Å². The van der Waals surface area contributed by atoms with E-state index in [2.05, 4.69) is 10.3 Å². The number of benzene rings is 1. The van der Waals surface area contributed by atoms with Crippen molar-refractivity contribution in [2.24, 2.45) is 0 Å². The Morgan fingerprint density at radius 1 is 1.19 bits per heavy atom. The molecule has 6 nitrogen and oxygen atoms in total. The summed E-state index contributed by atoms with van der Waals surface area (Å²) >= 11 is 0. The summed E-state index contributed by atoms with van der Waals surface area (Å²) in [5, 5.41) is 2.73. The van der Waals surface area contributed by atoms with Crippen LogP contribution in [-0.4, -0.2) is 43.0 Å². The molecule has 1 N–H and O–H groups in total. The average Bonchev–Trinajstić information content (AvgIpc) is 2.61. The van der Waals surface area contributed by atoms with Gasteiger partial charge in [-0.25, -0.2) is 17.1 Å². The number of amides is 1. The van der Waals surface area contributed by atoms with Gasteiger partial charge in [-0.15, -0.1) is 0 Å². The lowest BCUT2D eigenvalue weighted by Crippen LogP contribution is -2.36. The largest absolute Gasteiger partial charge is 0.352 e. The maximum Gasteiger partial charge on any atom is 0.221 e. The molecule has 0 saturated carbocycles. The average molecular weight is 379 g/mol. The molecule has 0 saturated heterocycles. The summed E-state index contributed by atoms with van der Waals surface area (Å²) in [5.41, 5.74) is 1.31. The van der Waals surface area contributed by atoms with E-state index < -0.39 is 10.0 Å². The number of hydrogen-bond donors (Lipinski definition) is 1. The summed E-state index contributed by atoms with van der Waals surface area (Å²) in [6, 6.07) is 9.86. The van der Waals surface area contributed by atoms with Crippen LogP contribution in [0.1, 0.15) is 17.5 Å². The van der Waals surface area contributed by atoms with Crippen molar-refractivity contribution in [1.29, 1.82) is 0 Å². The van der Waals surface area contributed by atoms with Gasteiger partial charge in [-0.1, -0.05) is 24.3 Å². The molecule has 1 heterocycles. The normalized spacial score (nSPS) is 11.5. The minimum absolute atomic E-state index is 0.0323. The molecular weight excluding hydrogens is 357 g/mol. The van der Waals surface area contributed by atoms with Crippen molar-refractivity contribution in [2.45, 2.75) is 19.4 Å². The van der Waals surface area contributed by atoms with Crippen LogP contribution in [0.5, 0.6) is 0 Å². The Morgan fingerprint density at radius 2 is 1.96 bits per heavy atom. The van der Waals surface area contributed by atoms with Crippen molar-refractivity contribution in [1.82, 2.24) is 14.6 Å². The zero-order valence-corrected chi connectivity index (χ0v) is 15.4. The molecule has 8 heteroatoms. The zero-order chi connectivity index (χ0) is 19.0. The smallest absolute Gasteiger partial charge is 0.221 e. The van der Waals surface area contributed by atoms with Crippen molar-refractivity contribution < 1.29 is 17.6 Å². The number of nitrogens with one attached hydrogen (secondary N) is 1. The SMILES string of the molecule is CS(=O)(=O)N(CCC(=O)NCc1cccnc1)CCc1ccccc1F. The number of carbonyl (C=O) groups is 1. The highest BCUT2D eigenvalue weighted by molar-refractivity contribution is 7.88. The number of halogens is 1. The molecule has 2 rings (SSSR count). The maximum atomic E-state index is 13.7. The fourth-order valence-corrected chi connectivity index (χ4v) is 3.25. The van der Waals surface area contributed by atoms with Crippen LogP contribution in [0.4, 0.5) is 4.39 Å². The van der Waals surface area contributed by atoms with E-state index in [4.69, 9.17) is 0 Å². The number of carbonyl (C=O) groups excluding carboxylic acids is 1. The van der Waals surface area contributed by atoms with Gasteiger partial charge < -0.3 is 5.32 Å². The van der Waals surface area contributed by atoms with Gasteiger partial charge in [-0.05, 0) is 29.7 Å². The molecule has 0 atom stereocenters. The van der Waals surface area contributed by atoms with Crippen molar-refractivity contribution in [2.75, 3.05) is 19.3 Å². The first-order valence-corrected chi connectivity index (χ1v) is 10.1. The highest BCUT2D eigenvalue weighted by atomic mass is 32.2. The second-order valence-electron chi connectivity index (χ2n) is 5.89. The molecule has 1 aromatic carbocycles. The molecule has 0 aliphatic rings. The summed E-state index contributed by atoms with van der Waals surface area (Å²) < 4.78 is 38.7. The number of sulfonamides is 1. The van der Waals surface area contributed by atoms with Crippen LogP contribution in [0.25, 0.3) is 0 Å². The molecule has 0 aliphatic carbocycles. The van der Waals surface area contributed by atoms with Crippen LogP contribution < -0.4 is 5.32 Å². The Bertz CT molecular complexity index is 829. The first-order chi connectivity index (χ1) is 12.4. The first-order valence-electron chi connectivity index (χ1n) is 8.20. The quantitative estimate of drug-likeness (QED) is 0.720. The lowest BCUT2D eigenvalue weighted by atomic mass is 10.1. The van der Waals surface area contributed by atoms with Crippen LogP contribution in [0.15, 0.2) is 48.8 Å². The third-order valence-electron chi connectivity index (χ3n) is 3.86. The molecule has 0 aliphatic heterocycles. The van der Waals surface area contributed by atoms with Crippen LogP contribution in [-0.2, 0) is 27.8 Å². The monoisotopic (exact) mass is 379 g/mol. The molecule has 2 aromatic rings. The number of aromatic nitrogens is 1. The number of hydrogen-bond acceptors (Lipinski definition) is 4. The topological polar surface area (TPSA) is 79.4 Å². The van der Waals surface area contributed by atoms with Gasteiger partial charge in [0.1, 0.15) is 5.82 Å². The third-order valence-corrected chi connectivity index (χ3v) is 5.16. The van der Waals surface area contributed by atoms with Crippen LogP contribution >= 0.6 is 0 Å². The zero-order valence-electron chi connectivity index (χ0n) is 14.6. The molecule has 1 aromatic heterocycles. The van der Waals surface area contributed by atoms with Gasteiger partial charge in [-0.3, -0.25) is 9.78 Å². The summed E-state index contributed by atoms with van der Waals surface area (Å²) in [6.07, 6.45) is 4.66. The summed E-state index contributed by atoms with van der Waals surface area (Å²) in [4.78, 5) is 15.9. The Hall–Kier alpha value is -2.32. The molecule has 1 amide bonds. The van der Waals surface area contributed by atoms with E-state index in [0.29, 0.717) is 12.1 Å². The second kappa shape index (κ2) is 9.40. The number of nitrogens with zero attached hydrogens (tertiary/aromatic N) is 2. The minimum atomic E-state index is -3.49. The standard InChI is InChI=1S/C18H22FN3O3S/c1-26(24,25)22(11-8-16-6-2-3-7-17(16)19)12-9-18(23)21-14-15-5-4-10-20-13-15/h2-7,10,13H,8-9,11-12,14H2,1H3,(H,21,23). The molecular formula is C18H22FN3O3S. The predicted molar refractivity (Wildman–Crippen MR) is 97.2 cm³/mol. The van der Waals surface area contributed by atoms with Crippen molar-refractivity contribution in [3.63, 3.8) is 0 Å². The van der Waals surface area contributed by atoms with Crippen molar-refractivity contribution in [3.8, 4) is 0 Å². The molecule has 0 unspecified atom stereocenters. The maximum absolute atomic E-state index is 13.7. The summed E-state index contributed by atoms with van der Waals surface area (Å²) in [6.45, 7) is 0.503. The van der Waals surface area contributed by atoms with Gasteiger partial charge in [0.05, 0.1) is 6.26 Å². The second-order valence-corrected chi connectivity index (χ2v) is 7.87. The highest BCUT2D eigenvalue weighted by Gasteiger charge is 2.18. The molecule has 140 valence electrons. The molecule has 0 spiro atoms. The molecule has 0 fully saturated rings. The van der Waals surface area contributed by atoms with E-state index in [1.54, 1.807) is 36.7 Å². The van der Waals surface area contributed by atoms with Crippen molar-refractivity contribution in [3.05, 3.63) is 65.7 Å². The van der Waals surface area contributed by atoms with Crippen LogP contribution in [0, 0.1) is 5.82 Å². The van der Waals surface area contributed by atoms with Gasteiger partial charge in [0.25, 0.3) is 0 Å². The Balaban J connectivity index is 1.85. The Kier molecular flexibility index (Phi) is 7.23. The minimum Gasteiger partial charge on any atom is -0.352 e. The van der Waals surface area contributed by atoms with E-state index in [1.165, 1.54) is 10.4 Å². The van der Waals surface area contributed by atoms with Crippen molar-refractivity contribution >= 4 is 15.9 Å². The lowest BCUT2D eigenvalue weighted by Gasteiger charge is -2.20. The Labute approximate surface area is 153 Å². The van der Waals surface area contributed by atoms with E-state index in [0.717, 1.165) is 11.8 Å². The van der Waals surface area contributed by atoms with E-state index >= 15 is 0 Å². The van der Waals surface area contributed by atoms with Gasteiger partial charge in [0.15, 0.2) is 0 Å². The van der Waals surface area contributed by atoms with Gasteiger partial charge in [0.2, 0.25) is 15.9 Å². The molecule has 0 radical (unpaired) electrons. The van der Waals surface area contributed by atoms with Gasteiger partial charge >= 0.3 is 0 Å².